The van der Waals surface area contributed by atoms with Crippen LogP contribution in [-0.2, 0) is 0 Å². The third-order valence-corrected chi connectivity index (χ3v) is 4.69. The summed E-state index contributed by atoms with van der Waals surface area (Å²) in [4.78, 5) is 17.0. The normalized spacial score (nSPS) is 17.6. The molecule has 6 nitrogen and oxygen atoms in total. The van der Waals surface area contributed by atoms with Gasteiger partial charge in [-0.2, -0.15) is 4.98 Å². The van der Waals surface area contributed by atoms with Gasteiger partial charge in [0.2, 0.25) is 5.52 Å². The molecule has 2 aromatic heterocycles. The lowest BCUT2D eigenvalue weighted by molar-refractivity contribution is -0.347. The number of nitrogens with zero attached hydrogens (tertiary/aromatic N) is 3. The Bertz CT molecular complexity index is 869. The monoisotopic (exact) mass is 364 g/mol. The van der Waals surface area contributed by atoms with Crippen molar-refractivity contribution in [3.05, 3.63) is 40.9 Å². The average molecular weight is 365 g/mol. The number of hydrogen-bond acceptors (Lipinski definition) is 4. The van der Waals surface area contributed by atoms with Crippen molar-refractivity contribution in [1.29, 1.82) is 0 Å². The highest BCUT2D eigenvalue weighted by Crippen LogP contribution is 2.30. The maximum Gasteiger partial charge on any atom is 0.306 e. The van der Waals surface area contributed by atoms with Crippen LogP contribution >= 0.6 is 23.2 Å². The Labute approximate surface area is 148 Å². The minimum atomic E-state index is 0.207. The zero-order valence-electron chi connectivity index (χ0n) is 12.8. The smallest absolute Gasteiger partial charge is 0.306 e. The van der Waals surface area contributed by atoms with E-state index in [-0.39, 0.29) is 11.3 Å². The number of aromatic amines is 2. The van der Waals surface area contributed by atoms with Crippen LogP contribution in [0.25, 0.3) is 11.2 Å². The fourth-order valence-electron chi connectivity index (χ4n) is 3.08. The molecule has 1 aromatic carbocycles. The van der Waals surface area contributed by atoms with Crippen molar-refractivity contribution in [2.45, 2.75) is 18.9 Å². The molecule has 0 unspecified atom stereocenters. The van der Waals surface area contributed by atoms with Gasteiger partial charge in [0, 0.05) is 6.54 Å². The van der Waals surface area contributed by atoms with Crippen LogP contribution in [0.1, 0.15) is 12.8 Å². The van der Waals surface area contributed by atoms with Crippen molar-refractivity contribution in [2.24, 2.45) is 0 Å². The number of nitrogens with one attached hydrogen (secondary N) is 2. The lowest BCUT2D eigenvalue weighted by atomic mass is 10.2. The summed E-state index contributed by atoms with van der Waals surface area (Å²) < 4.78 is 5.93. The van der Waals surface area contributed by atoms with Gasteiger partial charge in [-0.1, -0.05) is 28.7 Å². The van der Waals surface area contributed by atoms with E-state index < -0.39 is 0 Å². The summed E-state index contributed by atoms with van der Waals surface area (Å²) in [7, 11) is 0. The third kappa shape index (κ3) is 2.87. The number of aromatic nitrogens is 4. The van der Waals surface area contributed by atoms with Crippen molar-refractivity contribution in [1.82, 2.24) is 15.0 Å². The number of benzene rings is 1. The molecule has 0 saturated carbocycles. The predicted molar refractivity (Wildman–Crippen MR) is 92.8 cm³/mol. The van der Waals surface area contributed by atoms with Gasteiger partial charge in [0.1, 0.15) is 12.4 Å². The molecule has 1 fully saturated rings. The second kappa shape index (κ2) is 6.45. The van der Waals surface area contributed by atoms with Gasteiger partial charge < -0.3 is 9.64 Å². The van der Waals surface area contributed by atoms with Gasteiger partial charge >= 0.3 is 10.9 Å². The Balaban J connectivity index is 1.58. The van der Waals surface area contributed by atoms with Gasteiger partial charge in [-0.25, -0.2) is 4.98 Å². The first kappa shape index (κ1) is 15.5. The molecule has 2 N–H and O–H groups in total. The van der Waals surface area contributed by atoms with Crippen LogP contribution in [0.2, 0.25) is 10.3 Å². The quantitative estimate of drug-likeness (QED) is 0.722. The average Bonchev–Trinajstić information content (AvgIpc) is 3.22. The Morgan fingerprint density at radius 2 is 2.17 bits per heavy atom. The van der Waals surface area contributed by atoms with E-state index in [0.717, 1.165) is 30.7 Å². The number of halogens is 2. The van der Waals surface area contributed by atoms with Crippen LogP contribution in [0, 0.1) is 0 Å². The molecular formula is C16H16Cl2N5O+. The van der Waals surface area contributed by atoms with Crippen molar-refractivity contribution in [3.8, 4) is 5.75 Å². The Kier molecular flexibility index (Phi) is 4.16. The number of fused-ring (bicyclic) bond motifs is 1. The van der Waals surface area contributed by atoms with Gasteiger partial charge in [0.25, 0.3) is 0 Å². The second-order valence-electron chi connectivity index (χ2n) is 5.70. The Hall–Kier alpha value is -2.05. The summed E-state index contributed by atoms with van der Waals surface area (Å²) >= 11 is 12.2. The van der Waals surface area contributed by atoms with Crippen LogP contribution in [0.15, 0.2) is 30.6 Å². The first-order valence-electron chi connectivity index (χ1n) is 7.78. The van der Waals surface area contributed by atoms with Crippen LogP contribution in [0.4, 0.5) is 5.82 Å². The molecule has 1 saturated heterocycles. The highest BCUT2D eigenvalue weighted by atomic mass is 35.5. The molecule has 124 valence electrons. The number of hydrogen-bond donors (Lipinski definition) is 1. The number of para-hydroxylation sites is 1. The molecule has 0 amide bonds. The van der Waals surface area contributed by atoms with Gasteiger partial charge in [-0.05, 0) is 36.6 Å². The van der Waals surface area contributed by atoms with Crippen molar-refractivity contribution < 1.29 is 9.72 Å². The van der Waals surface area contributed by atoms with Gasteiger partial charge in [-0.15, -0.1) is 0 Å². The van der Waals surface area contributed by atoms with E-state index in [2.05, 4.69) is 24.8 Å². The summed E-state index contributed by atoms with van der Waals surface area (Å²) in [5, 5.41) is 0.847. The molecule has 0 radical (unpaired) electrons. The largest absolute Gasteiger partial charge is 0.490 e. The maximum atomic E-state index is 6.16. The molecule has 3 heterocycles. The minimum absolute atomic E-state index is 0.207. The number of H-pyrrole nitrogens is 2. The van der Waals surface area contributed by atoms with Crippen molar-refractivity contribution in [3.63, 3.8) is 0 Å². The van der Waals surface area contributed by atoms with Crippen LogP contribution in [0.3, 0.4) is 0 Å². The van der Waals surface area contributed by atoms with Crippen molar-refractivity contribution >= 4 is 40.2 Å². The molecule has 0 spiro atoms. The molecule has 8 heteroatoms. The third-order valence-electron chi connectivity index (χ3n) is 4.21. The highest BCUT2D eigenvalue weighted by molar-refractivity contribution is 6.32. The molecule has 1 aliphatic heterocycles. The summed E-state index contributed by atoms with van der Waals surface area (Å²) in [5.41, 5.74) is 1.55. The van der Waals surface area contributed by atoms with E-state index in [1.807, 2.05) is 24.3 Å². The van der Waals surface area contributed by atoms with Crippen LogP contribution < -0.4 is 14.6 Å². The van der Waals surface area contributed by atoms with Gasteiger partial charge in [0.15, 0.2) is 12.1 Å². The van der Waals surface area contributed by atoms with E-state index in [0.29, 0.717) is 23.0 Å². The van der Waals surface area contributed by atoms with E-state index in [9.17, 15) is 0 Å². The summed E-state index contributed by atoms with van der Waals surface area (Å²) in [5.74, 6) is 1.50. The molecule has 1 atom stereocenters. The standard InChI is InChI=1S/C16H15Cl2N5O/c17-11-5-1-2-6-12(11)24-8-10-4-3-7-23(10)15-13-14(20-9-19-13)21-16(18)22-15/h1-2,5-6,9-10H,3-4,7-8H2,(H,19,20,21,22)/p+1/t10-/m1/s1. The summed E-state index contributed by atoms with van der Waals surface area (Å²) in [6, 6.07) is 7.71. The lowest BCUT2D eigenvalue weighted by Gasteiger charge is -2.25. The number of ether oxygens (including phenoxy) is 1. The zero-order chi connectivity index (χ0) is 16.5. The van der Waals surface area contributed by atoms with Crippen LogP contribution in [-0.4, -0.2) is 34.1 Å². The number of anilines is 1. The first-order chi connectivity index (χ1) is 11.7. The van der Waals surface area contributed by atoms with E-state index in [4.69, 9.17) is 27.9 Å². The molecule has 4 rings (SSSR count). The highest BCUT2D eigenvalue weighted by Gasteiger charge is 2.30. The topological polar surface area (TPSA) is 68.2 Å². The molecule has 0 aliphatic carbocycles. The molecule has 3 aromatic rings. The maximum absolute atomic E-state index is 6.16. The molecule has 24 heavy (non-hydrogen) atoms. The second-order valence-corrected chi connectivity index (χ2v) is 6.45. The fourth-order valence-corrected chi connectivity index (χ4v) is 3.43. The van der Waals surface area contributed by atoms with Gasteiger partial charge in [0.05, 0.1) is 11.1 Å². The number of imidazole rings is 1. The predicted octanol–water partition coefficient (Wildman–Crippen LogP) is 3.13. The Morgan fingerprint density at radius 1 is 1.29 bits per heavy atom. The van der Waals surface area contributed by atoms with Gasteiger partial charge in [-0.3, -0.25) is 4.98 Å². The van der Waals surface area contributed by atoms with E-state index in [1.165, 1.54) is 0 Å². The molecule has 1 aliphatic rings. The molecule has 0 bridgehead atoms. The SMILES string of the molecule is Clc1nc(N2CCC[C@@H]2COc2ccccc2Cl)c2[nH]c[nH+]c2n1. The summed E-state index contributed by atoms with van der Waals surface area (Å²) in [6.45, 7) is 1.44. The fraction of sp³-hybridized carbons (Fsp3) is 0.312. The summed E-state index contributed by atoms with van der Waals surface area (Å²) in [6.07, 6.45) is 3.83. The Morgan fingerprint density at radius 3 is 3.04 bits per heavy atom. The number of rotatable bonds is 4. The minimum Gasteiger partial charge on any atom is -0.490 e. The molecular weight excluding hydrogens is 349 g/mol. The van der Waals surface area contributed by atoms with Crippen molar-refractivity contribution in [2.75, 3.05) is 18.1 Å². The first-order valence-corrected chi connectivity index (χ1v) is 8.54. The van der Waals surface area contributed by atoms with Crippen LogP contribution in [0.5, 0.6) is 5.75 Å². The zero-order valence-corrected chi connectivity index (χ0v) is 14.3. The van der Waals surface area contributed by atoms with E-state index >= 15 is 0 Å². The lowest BCUT2D eigenvalue weighted by Crippen LogP contribution is -2.35. The van der Waals surface area contributed by atoms with E-state index in [1.54, 1.807) is 6.33 Å².